The molecule has 0 bridgehead atoms. The number of aryl methyl sites for hydroxylation is 1. The molecule has 4 nitrogen and oxygen atoms in total. The van der Waals surface area contributed by atoms with Gasteiger partial charge in [0.1, 0.15) is 5.82 Å². The minimum absolute atomic E-state index is 0.415. The van der Waals surface area contributed by atoms with E-state index in [1.165, 1.54) is 0 Å². The summed E-state index contributed by atoms with van der Waals surface area (Å²) < 4.78 is 2.05. The third-order valence-electron chi connectivity index (χ3n) is 1.90. The van der Waals surface area contributed by atoms with E-state index >= 15 is 0 Å². The van der Waals surface area contributed by atoms with Gasteiger partial charge in [0.05, 0.1) is 6.33 Å². The van der Waals surface area contributed by atoms with E-state index in [1.54, 1.807) is 0 Å². The van der Waals surface area contributed by atoms with Crippen molar-refractivity contribution in [3.8, 4) is 0 Å². The third-order valence-corrected chi connectivity index (χ3v) is 1.90. The van der Waals surface area contributed by atoms with Crippen LogP contribution in [0.1, 0.15) is 25.7 Å². The van der Waals surface area contributed by atoms with E-state index < -0.39 is 0 Å². The zero-order valence-corrected chi connectivity index (χ0v) is 7.50. The number of rotatable bonds is 1. The topological polar surface area (TPSA) is 46.5 Å². The van der Waals surface area contributed by atoms with E-state index in [2.05, 4.69) is 33.4 Å². The largest absolute Gasteiger partial charge is 0.325 e. The van der Waals surface area contributed by atoms with Gasteiger partial charge >= 0.3 is 0 Å². The van der Waals surface area contributed by atoms with Gasteiger partial charge in [-0.1, -0.05) is 0 Å². The van der Waals surface area contributed by atoms with Crippen LogP contribution in [-0.4, -0.2) is 19.5 Å². The first kappa shape index (κ1) is 7.34. The summed E-state index contributed by atoms with van der Waals surface area (Å²) in [5.41, 5.74) is 1.82. The fraction of sp³-hybridized carbons (Fsp3) is 0.500. The maximum absolute atomic E-state index is 4.34. The number of fused-ring (bicyclic) bond motifs is 1. The van der Waals surface area contributed by atoms with Gasteiger partial charge in [0.25, 0.3) is 0 Å². The van der Waals surface area contributed by atoms with Crippen molar-refractivity contribution in [2.45, 2.75) is 26.8 Å². The van der Waals surface area contributed by atoms with Crippen LogP contribution in [0, 0.1) is 6.92 Å². The molecule has 0 saturated heterocycles. The van der Waals surface area contributed by atoms with Gasteiger partial charge in [-0.3, -0.25) is 0 Å². The molecule has 0 unspecified atom stereocenters. The molecular weight excluding hydrogens is 152 g/mol. The molecular formula is C8H12N4. The molecule has 2 heterocycles. The van der Waals surface area contributed by atoms with Crippen molar-refractivity contribution in [3.05, 3.63) is 12.2 Å². The molecule has 64 valence electrons. The maximum atomic E-state index is 4.34. The number of hydrogen-bond acceptors (Lipinski definition) is 2. The lowest BCUT2D eigenvalue weighted by Crippen LogP contribution is -1.98. The minimum Gasteiger partial charge on any atom is -0.325 e. The van der Waals surface area contributed by atoms with E-state index in [9.17, 15) is 0 Å². The van der Waals surface area contributed by atoms with Gasteiger partial charge in [-0.25, -0.2) is 9.97 Å². The van der Waals surface area contributed by atoms with Crippen LogP contribution in [0.3, 0.4) is 0 Å². The highest BCUT2D eigenvalue weighted by molar-refractivity contribution is 5.66. The average molecular weight is 164 g/mol. The fourth-order valence-electron chi connectivity index (χ4n) is 1.29. The molecule has 0 aliphatic heterocycles. The highest BCUT2D eigenvalue weighted by atomic mass is 15.2. The Labute approximate surface area is 70.6 Å². The number of H-pyrrole nitrogens is 1. The second-order valence-electron chi connectivity index (χ2n) is 3.24. The van der Waals surface area contributed by atoms with Crippen LogP contribution < -0.4 is 0 Å². The molecule has 0 amide bonds. The van der Waals surface area contributed by atoms with Crippen molar-refractivity contribution in [2.24, 2.45) is 0 Å². The number of hydrogen-bond donors (Lipinski definition) is 1. The fourth-order valence-corrected chi connectivity index (χ4v) is 1.29. The predicted octanol–water partition coefficient (Wildman–Crippen LogP) is 1.65. The predicted molar refractivity (Wildman–Crippen MR) is 47.0 cm³/mol. The molecule has 0 aromatic carbocycles. The monoisotopic (exact) mass is 164 g/mol. The van der Waals surface area contributed by atoms with Gasteiger partial charge in [-0.15, -0.1) is 0 Å². The quantitative estimate of drug-likeness (QED) is 0.696. The smallest absolute Gasteiger partial charge is 0.179 e. The normalized spacial score (nSPS) is 11.7. The van der Waals surface area contributed by atoms with E-state index in [0.717, 1.165) is 17.1 Å². The van der Waals surface area contributed by atoms with Gasteiger partial charge in [0.2, 0.25) is 0 Å². The van der Waals surface area contributed by atoms with Crippen molar-refractivity contribution in [3.63, 3.8) is 0 Å². The Balaban J connectivity index is 2.68. The summed E-state index contributed by atoms with van der Waals surface area (Å²) in [6.45, 7) is 6.17. The van der Waals surface area contributed by atoms with Gasteiger partial charge in [-0.05, 0) is 20.8 Å². The maximum Gasteiger partial charge on any atom is 0.179 e. The van der Waals surface area contributed by atoms with E-state index in [-0.39, 0.29) is 0 Å². The molecule has 1 N–H and O–H groups in total. The summed E-state index contributed by atoms with van der Waals surface area (Å²) in [6, 6.07) is 0.415. The molecule has 2 aromatic heterocycles. The van der Waals surface area contributed by atoms with Crippen LogP contribution in [0.25, 0.3) is 11.3 Å². The van der Waals surface area contributed by atoms with Crippen LogP contribution in [0.15, 0.2) is 6.33 Å². The first-order valence-corrected chi connectivity index (χ1v) is 4.07. The summed E-state index contributed by atoms with van der Waals surface area (Å²) in [4.78, 5) is 11.6. The zero-order valence-electron chi connectivity index (χ0n) is 7.50. The second-order valence-corrected chi connectivity index (χ2v) is 3.24. The molecule has 0 atom stereocenters. The highest BCUT2D eigenvalue weighted by Crippen LogP contribution is 2.14. The third kappa shape index (κ3) is 0.913. The molecule has 0 saturated carbocycles. The Bertz CT molecular complexity index is 396. The molecule has 4 heteroatoms. The van der Waals surface area contributed by atoms with Crippen LogP contribution >= 0.6 is 0 Å². The van der Waals surface area contributed by atoms with Crippen molar-refractivity contribution < 1.29 is 0 Å². The second kappa shape index (κ2) is 2.33. The summed E-state index contributed by atoms with van der Waals surface area (Å²) in [5.74, 6) is 0.919. The van der Waals surface area contributed by atoms with Crippen LogP contribution in [0.5, 0.6) is 0 Å². The summed E-state index contributed by atoms with van der Waals surface area (Å²) in [5, 5.41) is 0. The molecule has 0 fully saturated rings. The van der Waals surface area contributed by atoms with Gasteiger partial charge in [0.15, 0.2) is 11.3 Å². The van der Waals surface area contributed by atoms with Gasteiger partial charge in [0, 0.05) is 6.04 Å². The molecule has 12 heavy (non-hydrogen) atoms. The SMILES string of the molecule is Cc1nc2c(ncn2C(C)C)[nH]1. The lowest BCUT2D eigenvalue weighted by atomic mass is 10.4. The van der Waals surface area contributed by atoms with E-state index in [0.29, 0.717) is 6.04 Å². The molecule has 0 aliphatic rings. The molecule has 0 radical (unpaired) electrons. The van der Waals surface area contributed by atoms with Crippen molar-refractivity contribution in [2.75, 3.05) is 0 Å². The van der Waals surface area contributed by atoms with Crippen LogP contribution in [-0.2, 0) is 0 Å². The first-order valence-electron chi connectivity index (χ1n) is 4.07. The summed E-state index contributed by atoms with van der Waals surface area (Å²) in [6.07, 6.45) is 1.82. The average Bonchev–Trinajstić information content (AvgIpc) is 2.43. The molecule has 0 aliphatic carbocycles. The number of aromatic amines is 1. The Hall–Kier alpha value is -1.32. The van der Waals surface area contributed by atoms with Crippen molar-refractivity contribution >= 4 is 11.3 Å². The molecule has 2 aromatic rings. The molecule has 0 spiro atoms. The highest BCUT2D eigenvalue weighted by Gasteiger charge is 2.08. The first-order chi connectivity index (χ1) is 5.68. The van der Waals surface area contributed by atoms with E-state index in [1.807, 2.05) is 13.3 Å². The summed E-state index contributed by atoms with van der Waals surface area (Å²) in [7, 11) is 0. The van der Waals surface area contributed by atoms with Crippen LogP contribution in [0.2, 0.25) is 0 Å². The Morgan fingerprint density at radius 2 is 2.25 bits per heavy atom. The Kier molecular flexibility index (Phi) is 1.43. The minimum atomic E-state index is 0.415. The number of imidazole rings is 2. The van der Waals surface area contributed by atoms with Crippen molar-refractivity contribution in [1.29, 1.82) is 0 Å². The van der Waals surface area contributed by atoms with E-state index in [4.69, 9.17) is 0 Å². The summed E-state index contributed by atoms with van der Waals surface area (Å²) >= 11 is 0. The van der Waals surface area contributed by atoms with Crippen molar-refractivity contribution in [1.82, 2.24) is 19.5 Å². The Morgan fingerprint density at radius 1 is 1.50 bits per heavy atom. The van der Waals surface area contributed by atoms with Gasteiger partial charge < -0.3 is 9.55 Å². The van der Waals surface area contributed by atoms with Gasteiger partial charge in [-0.2, -0.15) is 0 Å². The standard InChI is InChI=1S/C8H12N4/c1-5(2)12-4-9-7-8(12)11-6(3)10-7/h4-5H,1-3H3,(H,10,11). The number of aromatic nitrogens is 4. The van der Waals surface area contributed by atoms with Crippen LogP contribution in [0.4, 0.5) is 0 Å². The number of nitrogens with one attached hydrogen (secondary N) is 1. The lowest BCUT2D eigenvalue weighted by molar-refractivity contribution is 0.612. The number of nitrogens with zero attached hydrogens (tertiary/aromatic N) is 3. The zero-order chi connectivity index (χ0) is 8.72. The lowest BCUT2D eigenvalue weighted by Gasteiger charge is -2.04. The molecule has 2 rings (SSSR count). The Morgan fingerprint density at radius 3 is 2.92 bits per heavy atom.